The van der Waals surface area contributed by atoms with E-state index in [0.29, 0.717) is 5.89 Å². The number of rotatable bonds is 9. The fraction of sp³-hybridized carbons (Fsp3) is 0.625. The summed E-state index contributed by atoms with van der Waals surface area (Å²) in [5, 5.41) is 4.26. The molecule has 0 radical (unpaired) electrons. The molecule has 30 heavy (non-hydrogen) atoms. The van der Waals surface area contributed by atoms with Crippen molar-refractivity contribution < 1.29 is 13.4 Å². The van der Waals surface area contributed by atoms with E-state index in [-0.39, 0.29) is 16.2 Å². The van der Waals surface area contributed by atoms with Crippen molar-refractivity contribution in [3.05, 3.63) is 53.2 Å². The van der Waals surface area contributed by atoms with Crippen molar-refractivity contribution in [2.24, 2.45) is 0 Å². The molecule has 0 amide bonds. The van der Waals surface area contributed by atoms with Crippen LogP contribution in [0.15, 0.2) is 32.0 Å². The van der Waals surface area contributed by atoms with Crippen molar-refractivity contribution in [2.45, 2.75) is 97.3 Å². The van der Waals surface area contributed by atoms with Gasteiger partial charge < -0.3 is 13.4 Å². The smallest absolute Gasteiger partial charge is 0.200 e. The Kier molecular flexibility index (Phi) is 5.99. The maximum Gasteiger partial charge on any atom is 0.200 e. The Bertz CT molecular complexity index is 921. The van der Waals surface area contributed by atoms with Crippen LogP contribution in [0.5, 0.6) is 0 Å². The first-order valence-corrected chi connectivity index (χ1v) is 10.7. The van der Waals surface area contributed by atoms with Gasteiger partial charge in [0.2, 0.25) is 0 Å². The molecule has 3 rings (SSSR count). The highest BCUT2D eigenvalue weighted by molar-refractivity contribution is 5.16. The van der Waals surface area contributed by atoms with Crippen molar-refractivity contribution in [1.82, 2.24) is 15.1 Å². The second-order valence-corrected chi connectivity index (χ2v) is 10.2. The van der Waals surface area contributed by atoms with Gasteiger partial charge in [-0.05, 0) is 39.5 Å². The van der Waals surface area contributed by atoms with Gasteiger partial charge in [-0.2, -0.15) is 0 Å². The quantitative estimate of drug-likeness (QED) is 0.407. The predicted molar refractivity (Wildman–Crippen MR) is 116 cm³/mol. The number of hydrogen-bond donors (Lipinski definition) is 0. The van der Waals surface area contributed by atoms with Crippen LogP contribution >= 0.6 is 0 Å². The lowest BCUT2D eigenvalue weighted by atomic mass is 9.71. The predicted octanol–water partition coefficient (Wildman–Crippen LogP) is 6.35. The maximum absolute atomic E-state index is 5.90. The molecule has 0 aliphatic heterocycles. The molecule has 0 saturated carbocycles. The van der Waals surface area contributed by atoms with E-state index < -0.39 is 0 Å². The molecule has 1 atom stereocenters. The van der Waals surface area contributed by atoms with Gasteiger partial charge in [-0.15, -0.1) is 0 Å². The summed E-state index contributed by atoms with van der Waals surface area (Å²) in [6.45, 7) is 16.9. The Morgan fingerprint density at radius 1 is 0.767 bits per heavy atom. The van der Waals surface area contributed by atoms with Gasteiger partial charge in [0.25, 0.3) is 0 Å². The van der Waals surface area contributed by atoms with E-state index in [9.17, 15) is 0 Å². The fourth-order valence-electron chi connectivity index (χ4n) is 3.76. The van der Waals surface area contributed by atoms with Gasteiger partial charge in [0.15, 0.2) is 11.8 Å². The third-order valence-corrected chi connectivity index (χ3v) is 6.37. The topological polar surface area (TPSA) is 78.1 Å². The van der Waals surface area contributed by atoms with Gasteiger partial charge in [-0.25, -0.2) is 9.97 Å². The van der Waals surface area contributed by atoms with Crippen LogP contribution < -0.4 is 0 Å². The standard InChI is InChI=1S/C24H35N3O3/c1-16-14-29-21(25-16)24(8,11-9-22(4,5)19-13-17(2)30-27-19)12-10-23(6,7)20-15-28-18(3)26-20/h13-15H,9-12H2,1-8H3. The summed E-state index contributed by atoms with van der Waals surface area (Å²) in [6, 6.07) is 2.03. The van der Waals surface area contributed by atoms with Crippen LogP contribution in [-0.2, 0) is 16.2 Å². The molecule has 1 unspecified atom stereocenters. The maximum atomic E-state index is 5.90. The van der Waals surface area contributed by atoms with Crippen LogP contribution in [0, 0.1) is 20.8 Å². The van der Waals surface area contributed by atoms with E-state index in [1.54, 1.807) is 12.5 Å². The zero-order chi connectivity index (χ0) is 22.2. The summed E-state index contributed by atoms with van der Waals surface area (Å²) in [5.41, 5.74) is 2.50. The van der Waals surface area contributed by atoms with E-state index in [1.165, 1.54) is 0 Å². The van der Waals surface area contributed by atoms with Crippen molar-refractivity contribution in [1.29, 1.82) is 0 Å². The lowest BCUT2D eigenvalue weighted by molar-refractivity contribution is 0.247. The van der Waals surface area contributed by atoms with Gasteiger partial charge in [0.05, 0.1) is 17.1 Å². The Morgan fingerprint density at radius 3 is 1.87 bits per heavy atom. The van der Waals surface area contributed by atoms with E-state index in [1.807, 2.05) is 26.8 Å². The molecule has 0 saturated heterocycles. The summed E-state index contributed by atoms with van der Waals surface area (Å²) < 4.78 is 16.7. The summed E-state index contributed by atoms with van der Waals surface area (Å²) in [4.78, 5) is 9.27. The number of hydrogen-bond acceptors (Lipinski definition) is 6. The van der Waals surface area contributed by atoms with Gasteiger partial charge in [0.1, 0.15) is 18.3 Å². The zero-order valence-corrected chi connectivity index (χ0v) is 19.6. The monoisotopic (exact) mass is 413 g/mol. The molecule has 0 aromatic carbocycles. The highest BCUT2D eigenvalue weighted by Gasteiger charge is 2.37. The molecule has 6 nitrogen and oxygen atoms in total. The number of aromatic nitrogens is 3. The minimum Gasteiger partial charge on any atom is -0.449 e. The second kappa shape index (κ2) is 8.05. The van der Waals surface area contributed by atoms with Gasteiger partial charge in [-0.1, -0.05) is 39.8 Å². The molecule has 0 spiro atoms. The molecular formula is C24H35N3O3. The normalized spacial score (nSPS) is 14.8. The van der Waals surface area contributed by atoms with Crippen molar-refractivity contribution in [2.75, 3.05) is 0 Å². The highest BCUT2D eigenvalue weighted by Crippen LogP contribution is 2.41. The second-order valence-electron chi connectivity index (χ2n) is 10.2. The first-order chi connectivity index (χ1) is 13.9. The zero-order valence-electron chi connectivity index (χ0n) is 19.6. The Labute approximate surface area is 179 Å². The van der Waals surface area contributed by atoms with Crippen LogP contribution in [0.3, 0.4) is 0 Å². The molecule has 0 aliphatic rings. The van der Waals surface area contributed by atoms with Crippen LogP contribution in [-0.4, -0.2) is 15.1 Å². The molecule has 0 aliphatic carbocycles. The van der Waals surface area contributed by atoms with Gasteiger partial charge >= 0.3 is 0 Å². The molecule has 3 aromatic heterocycles. The first-order valence-electron chi connectivity index (χ1n) is 10.7. The van der Waals surface area contributed by atoms with Crippen LogP contribution in [0.2, 0.25) is 0 Å². The first kappa shape index (κ1) is 22.3. The number of aryl methyl sites for hydroxylation is 3. The van der Waals surface area contributed by atoms with E-state index >= 15 is 0 Å². The van der Waals surface area contributed by atoms with Crippen molar-refractivity contribution in [3.63, 3.8) is 0 Å². The van der Waals surface area contributed by atoms with E-state index in [0.717, 1.165) is 54.4 Å². The largest absolute Gasteiger partial charge is 0.449 e. The van der Waals surface area contributed by atoms with Gasteiger partial charge in [0, 0.05) is 29.2 Å². The Hall–Kier alpha value is -2.37. The lowest BCUT2D eigenvalue weighted by Gasteiger charge is -2.33. The van der Waals surface area contributed by atoms with Crippen LogP contribution in [0.4, 0.5) is 0 Å². The number of oxazole rings is 2. The molecule has 3 heterocycles. The van der Waals surface area contributed by atoms with E-state index in [2.05, 4.69) is 44.8 Å². The summed E-state index contributed by atoms with van der Waals surface area (Å²) in [5.74, 6) is 2.35. The SMILES string of the molecule is Cc1coc(C(C)(CCC(C)(C)c2cc(C)on2)CCC(C)(C)c2coc(C)n2)n1. The van der Waals surface area contributed by atoms with E-state index in [4.69, 9.17) is 18.3 Å². The van der Waals surface area contributed by atoms with Crippen LogP contribution in [0.25, 0.3) is 0 Å². The average Bonchev–Trinajstić information content (AvgIpc) is 3.40. The Morgan fingerprint density at radius 2 is 1.40 bits per heavy atom. The molecule has 164 valence electrons. The molecule has 0 N–H and O–H groups in total. The van der Waals surface area contributed by atoms with Crippen LogP contribution in [0.1, 0.15) is 94.9 Å². The molecule has 3 aromatic rings. The van der Waals surface area contributed by atoms with Crippen molar-refractivity contribution >= 4 is 0 Å². The third-order valence-electron chi connectivity index (χ3n) is 6.37. The summed E-state index contributed by atoms with van der Waals surface area (Å²) in [6.07, 6.45) is 7.27. The summed E-state index contributed by atoms with van der Waals surface area (Å²) in [7, 11) is 0. The molecule has 6 heteroatoms. The third kappa shape index (κ3) is 4.85. The summed E-state index contributed by atoms with van der Waals surface area (Å²) >= 11 is 0. The lowest BCUT2D eigenvalue weighted by Crippen LogP contribution is -2.30. The molecule has 0 bridgehead atoms. The highest BCUT2D eigenvalue weighted by atomic mass is 16.5. The molecular weight excluding hydrogens is 378 g/mol. The fourth-order valence-corrected chi connectivity index (χ4v) is 3.76. The minimum absolute atomic E-state index is 0.0978. The Balaban J connectivity index is 1.79. The van der Waals surface area contributed by atoms with Crippen molar-refractivity contribution in [3.8, 4) is 0 Å². The average molecular weight is 414 g/mol. The molecule has 0 fully saturated rings. The van der Waals surface area contributed by atoms with Gasteiger partial charge in [-0.3, -0.25) is 0 Å². The number of nitrogens with zero attached hydrogens (tertiary/aromatic N) is 3. The minimum atomic E-state index is -0.194.